The van der Waals surface area contributed by atoms with E-state index in [0.29, 0.717) is 31.2 Å². The molecule has 3 rings (SSSR count). The summed E-state index contributed by atoms with van der Waals surface area (Å²) in [6, 6.07) is 6.06. The van der Waals surface area contributed by atoms with Gasteiger partial charge >= 0.3 is 0 Å². The zero-order chi connectivity index (χ0) is 18.4. The van der Waals surface area contributed by atoms with Crippen LogP contribution in [-0.4, -0.2) is 40.1 Å². The number of rotatable bonds is 7. The predicted octanol–water partition coefficient (Wildman–Crippen LogP) is 3.29. The van der Waals surface area contributed by atoms with E-state index in [4.69, 9.17) is 4.74 Å². The minimum atomic E-state index is -0.268. The molecule has 26 heavy (non-hydrogen) atoms. The molecule has 1 aromatic heterocycles. The van der Waals surface area contributed by atoms with Crippen LogP contribution in [0.25, 0.3) is 0 Å². The third-order valence-electron chi connectivity index (χ3n) is 4.86. The van der Waals surface area contributed by atoms with Gasteiger partial charge in [0, 0.05) is 50.8 Å². The number of imidazole rings is 1. The second-order valence-corrected chi connectivity index (χ2v) is 6.75. The molecule has 1 atom stereocenters. The fourth-order valence-electron chi connectivity index (χ4n) is 3.40. The first-order valence-electron chi connectivity index (χ1n) is 9.32. The molecule has 0 radical (unpaired) electrons. The highest BCUT2D eigenvalue weighted by Crippen LogP contribution is 2.20. The van der Waals surface area contributed by atoms with Crippen LogP contribution >= 0.6 is 0 Å². The Bertz CT molecular complexity index is 714. The molecule has 1 amide bonds. The summed E-state index contributed by atoms with van der Waals surface area (Å²) >= 11 is 0. The molecule has 0 spiro atoms. The van der Waals surface area contributed by atoms with Gasteiger partial charge in [-0.2, -0.15) is 0 Å². The minimum Gasteiger partial charge on any atom is -0.493 e. The smallest absolute Gasteiger partial charge is 0.224 e. The van der Waals surface area contributed by atoms with E-state index < -0.39 is 0 Å². The van der Waals surface area contributed by atoms with E-state index in [1.54, 1.807) is 18.3 Å². The van der Waals surface area contributed by atoms with E-state index in [-0.39, 0.29) is 11.7 Å². The second kappa shape index (κ2) is 8.83. The van der Waals surface area contributed by atoms with Crippen LogP contribution in [0.4, 0.5) is 4.39 Å². The van der Waals surface area contributed by atoms with Gasteiger partial charge in [-0.05, 0) is 37.1 Å². The number of carbonyl (C=O) groups excluding carboxylic acids is 1. The Morgan fingerprint density at radius 1 is 1.35 bits per heavy atom. The van der Waals surface area contributed by atoms with Gasteiger partial charge in [0.1, 0.15) is 17.4 Å². The molecule has 0 saturated carbocycles. The summed E-state index contributed by atoms with van der Waals surface area (Å²) in [4.78, 5) is 18.8. The number of nitrogens with zero attached hydrogens (tertiary/aromatic N) is 3. The fraction of sp³-hybridized carbons (Fsp3) is 0.500. The zero-order valence-corrected chi connectivity index (χ0v) is 15.2. The highest BCUT2D eigenvalue weighted by molar-refractivity contribution is 5.76. The van der Waals surface area contributed by atoms with Crippen LogP contribution in [-0.2, 0) is 17.8 Å². The van der Waals surface area contributed by atoms with E-state index in [0.717, 1.165) is 38.2 Å². The molecule has 2 heterocycles. The number of amides is 1. The van der Waals surface area contributed by atoms with Crippen LogP contribution < -0.4 is 4.74 Å². The Balaban J connectivity index is 1.46. The monoisotopic (exact) mass is 359 g/mol. The first-order valence-corrected chi connectivity index (χ1v) is 9.32. The van der Waals surface area contributed by atoms with Gasteiger partial charge in [0.05, 0.1) is 6.61 Å². The molecule has 5 nitrogen and oxygen atoms in total. The van der Waals surface area contributed by atoms with E-state index in [2.05, 4.69) is 16.5 Å². The summed E-state index contributed by atoms with van der Waals surface area (Å²) in [5, 5.41) is 0. The lowest BCUT2D eigenvalue weighted by molar-refractivity contribution is -0.133. The number of ether oxygens (including phenoxy) is 1. The van der Waals surface area contributed by atoms with Crippen molar-refractivity contribution in [2.75, 3.05) is 19.7 Å². The van der Waals surface area contributed by atoms with Gasteiger partial charge in [0.25, 0.3) is 0 Å². The van der Waals surface area contributed by atoms with Crippen molar-refractivity contribution in [1.29, 1.82) is 0 Å². The molecule has 0 aliphatic carbocycles. The van der Waals surface area contributed by atoms with Crippen molar-refractivity contribution in [2.24, 2.45) is 5.92 Å². The standard InChI is InChI=1S/C20H26FN3O2/c1-2-19-22-10-13-23(19)12-9-20(25)24-11-3-4-16(14-24)15-26-18-7-5-17(21)6-8-18/h5-8,10,13,16H,2-4,9,11-12,14-15H2,1H3/t16-/m1/s1. The van der Waals surface area contributed by atoms with Crippen molar-refractivity contribution in [3.63, 3.8) is 0 Å². The molecule has 1 saturated heterocycles. The predicted molar refractivity (Wildman–Crippen MR) is 97.4 cm³/mol. The molecule has 1 aliphatic heterocycles. The molecular weight excluding hydrogens is 333 g/mol. The molecular formula is C20H26FN3O2. The Hall–Kier alpha value is -2.37. The van der Waals surface area contributed by atoms with Gasteiger partial charge in [-0.25, -0.2) is 9.37 Å². The quantitative estimate of drug-likeness (QED) is 0.762. The van der Waals surface area contributed by atoms with Crippen molar-refractivity contribution in [2.45, 2.75) is 39.2 Å². The summed E-state index contributed by atoms with van der Waals surface area (Å²) in [5.41, 5.74) is 0. The minimum absolute atomic E-state index is 0.187. The fourth-order valence-corrected chi connectivity index (χ4v) is 3.40. The molecule has 140 valence electrons. The number of benzene rings is 1. The molecule has 1 aliphatic rings. The van der Waals surface area contributed by atoms with Gasteiger partial charge < -0.3 is 14.2 Å². The Kier molecular flexibility index (Phi) is 6.26. The summed E-state index contributed by atoms with van der Waals surface area (Å²) < 4.78 is 20.8. The number of piperidine rings is 1. The molecule has 0 bridgehead atoms. The lowest BCUT2D eigenvalue weighted by Gasteiger charge is -2.32. The van der Waals surface area contributed by atoms with Crippen molar-refractivity contribution < 1.29 is 13.9 Å². The van der Waals surface area contributed by atoms with Gasteiger partial charge in [0.15, 0.2) is 0 Å². The molecule has 6 heteroatoms. The number of carbonyl (C=O) groups is 1. The van der Waals surface area contributed by atoms with Crippen LogP contribution in [0.3, 0.4) is 0 Å². The largest absolute Gasteiger partial charge is 0.493 e. The Morgan fingerprint density at radius 3 is 2.92 bits per heavy atom. The number of aromatic nitrogens is 2. The highest BCUT2D eigenvalue weighted by atomic mass is 19.1. The first kappa shape index (κ1) is 18.4. The maximum atomic E-state index is 12.9. The Labute approximate surface area is 153 Å². The van der Waals surface area contributed by atoms with Crippen LogP contribution in [0.1, 0.15) is 32.0 Å². The van der Waals surface area contributed by atoms with Crippen molar-refractivity contribution in [1.82, 2.24) is 14.5 Å². The maximum Gasteiger partial charge on any atom is 0.224 e. The van der Waals surface area contributed by atoms with E-state index >= 15 is 0 Å². The van der Waals surface area contributed by atoms with Gasteiger partial charge in [0.2, 0.25) is 5.91 Å². The van der Waals surface area contributed by atoms with Gasteiger partial charge in [-0.1, -0.05) is 6.92 Å². The summed E-state index contributed by atoms with van der Waals surface area (Å²) in [7, 11) is 0. The van der Waals surface area contributed by atoms with Crippen LogP contribution in [0.2, 0.25) is 0 Å². The van der Waals surface area contributed by atoms with Crippen LogP contribution in [0.5, 0.6) is 5.75 Å². The first-order chi connectivity index (χ1) is 12.7. The highest BCUT2D eigenvalue weighted by Gasteiger charge is 2.24. The molecule has 0 unspecified atom stereocenters. The summed E-state index contributed by atoms with van der Waals surface area (Å²) in [6.07, 6.45) is 7.12. The van der Waals surface area contributed by atoms with Crippen molar-refractivity contribution >= 4 is 5.91 Å². The van der Waals surface area contributed by atoms with Crippen LogP contribution in [0, 0.1) is 11.7 Å². The number of halogens is 1. The topological polar surface area (TPSA) is 47.4 Å². The van der Waals surface area contributed by atoms with Crippen LogP contribution in [0.15, 0.2) is 36.7 Å². The van der Waals surface area contributed by atoms with Gasteiger partial charge in [-0.3, -0.25) is 4.79 Å². The third kappa shape index (κ3) is 4.84. The summed E-state index contributed by atoms with van der Waals surface area (Å²) in [5.74, 6) is 1.92. The second-order valence-electron chi connectivity index (χ2n) is 6.75. The molecule has 0 N–H and O–H groups in total. The van der Waals surface area contributed by atoms with Gasteiger partial charge in [-0.15, -0.1) is 0 Å². The number of hydrogen-bond acceptors (Lipinski definition) is 3. The maximum absolute atomic E-state index is 12.9. The molecule has 1 aromatic carbocycles. The molecule has 2 aromatic rings. The summed E-state index contributed by atoms with van der Waals surface area (Å²) in [6.45, 7) is 4.84. The average molecular weight is 359 g/mol. The normalized spacial score (nSPS) is 17.3. The van der Waals surface area contributed by atoms with E-state index in [1.165, 1.54) is 12.1 Å². The number of likely N-dealkylation sites (tertiary alicyclic amines) is 1. The Morgan fingerprint density at radius 2 is 2.15 bits per heavy atom. The lowest BCUT2D eigenvalue weighted by Crippen LogP contribution is -2.41. The lowest BCUT2D eigenvalue weighted by atomic mass is 9.98. The molecule has 1 fully saturated rings. The number of aryl methyl sites for hydroxylation is 2. The average Bonchev–Trinajstić information content (AvgIpc) is 3.13. The third-order valence-corrected chi connectivity index (χ3v) is 4.86. The van der Waals surface area contributed by atoms with Crippen molar-refractivity contribution in [3.05, 3.63) is 48.3 Å². The zero-order valence-electron chi connectivity index (χ0n) is 15.2. The van der Waals surface area contributed by atoms with E-state index in [1.807, 2.05) is 11.1 Å². The van der Waals surface area contributed by atoms with Crippen molar-refractivity contribution in [3.8, 4) is 5.75 Å². The van der Waals surface area contributed by atoms with E-state index in [9.17, 15) is 9.18 Å². The SMILES string of the molecule is CCc1nccn1CCC(=O)N1CCC[C@@H](COc2ccc(F)cc2)C1. The number of hydrogen-bond donors (Lipinski definition) is 0.